The Balaban J connectivity index is 2.47. The summed E-state index contributed by atoms with van der Waals surface area (Å²) in [4.78, 5) is 4.38. The number of hydrogen-bond acceptors (Lipinski definition) is 3. The summed E-state index contributed by atoms with van der Waals surface area (Å²) in [5.41, 5.74) is 7.15. The molecule has 2 rings (SSSR count). The minimum atomic E-state index is 0.307. The van der Waals surface area contributed by atoms with Gasteiger partial charge in [0, 0.05) is 11.5 Å². The number of rotatable bonds is 2. The summed E-state index contributed by atoms with van der Waals surface area (Å²) < 4.78 is 0. The largest absolute Gasteiger partial charge is 0.397 e. The number of nitrogens with two attached hydrogens (primary N) is 1. The van der Waals surface area contributed by atoms with E-state index in [4.69, 9.17) is 17.3 Å². The second kappa shape index (κ2) is 4.14. The van der Waals surface area contributed by atoms with Crippen LogP contribution < -0.4 is 5.73 Å². The number of nitrogen functional groups attached to an aromatic ring is 1. The van der Waals surface area contributed by atoms with E-state index in [0.29, 0.717) is 22.5 Å². The fourth-order valence-corrected chi connectivity index (χ4v) is 1.56. The number of aromatic amines is 1. The molecule has 0 unspecified atom stereocenters. The van der Waals surface area contributed by atoms with Gasteiger partial charge in [0.15, 0.2) is 5.82 Å². The quantitative estimate of drug-likeness (QED) is 0.788. The summed E-state index contributed by atoms with van der Waals surface area (Å²) in [6.45, 7) is 4.09. The fraction of sp³-hybridized carbons (Fsp3) is 0.273. The van der Waals surface area contributed by atoms with Crippen LogP contribution in [0.2, 0.25) is 5.02 Å². The first kappa shape index (κ1) is 11.0. The minimum absolute atomic E-state index is 0.307. The predicted molar refractivity (Wildman–Crippen MR) is 65.3 cm³/mol. The van der Waals surface area contributed by atoms with Crippen molar-refractivity contribution >= 4 is 17.3 Å². The fourth-order valence-electron chi connectivity index (χ4n) is 1.38. The number of hydrogen-bond donors (Lipinski definition) is 2. The second-order valence-corrected chi connectivity index (χ2v) is 4.31. The van der Waals surface area contributed by atoms with Gasteiger partial charge in [-0.25, -0.2) is 4.98 Å². The van der Waals surface area contributed by atoms with Crippen LogP contribution in [0.15, 0.2) is 18.2 Å². The van der Waals surface area contributed by atoms with Crippen LogP contribution in [0.3, 0.4) is 0 Å². The van der Waals surface area contributed by atoms with Gasteiger partial charge in [0.1, 0.15) is 5.82 Å². The van der Waals surface area contributed by atoms with E-state index in [2.05, 4.69) is 15.2 Å². The lowest BCUT2D eigenvalue weighted by Crippen LogP contribution is -1.93. The van der Waals surface area contributed by atoms with Gasteiger partial charge in [0.25, 0.3) is 0 Å². The van der Waals surface area contributed by atoms with Crippen molar-refractivity contribution in [2.75, 3.05) is 5.73 Å². The van der Waals surface area contributed by atoms with Crippen molar-refractivity contribution in [2.45, 2.75) is 19.8 Å². The van der Waals surface area contributed by atoms with Crippen LogP contribution in [0.5, 0.6) is 0 Å². The Bertz CT molecular complexity index is 504. The molecule has 0 radical (unpaired) electrons. The summed E-state index contributed by atoms with van der Waals surface area (Å²) in [7, 11) is 0. The van der Waals surface area contributed by atoms with Gasteiger partial charge >= 0.3 is 0 Å². The van der Waals surface area contributed by atoms with E-state index in [1.54, 1.807) is 6.07 Å². The molecule has 0 spiro atoms. The smallest absolute Gasteiger partial charge is 0.183 e. The lowest BCUT2D eigenvalue weighted by Gasteiger charge is -2.02. The van der Waals surface area contributed by atoms with Crippen molar-refractivity contribution in [3.05, 3.63) is 29.0 Å². The van der Waals surface area contributed by atoms with Crippen LogP contribution >= 0.6 is 11.6 Å². The number of H-pyrrole nitrogens is 1. The van der Waals surface area contributed by atoms with E-state index < -0.39 is 0 Å². The van der Waals surface area contributed by atoms with Crippen molar-refractivity contribution in [3.8, 4) is 11.4 Å². The third kappa shape index (κ3) is 1.88. The molecular formula is C11H13ClN4. The van der Waals surface area contributed by atoms with Gasteiger partial charge in [0.05, 0.1) is 10.7 Å². The first-order chi connectivity index (χ1) is 7.59. The Hall–Kier alpha value is -1.55. The number of nitrogens with one attached hydrogen (secondary N) is 1. The van der Waals surface area contributed by atoms with Crippen molar-refractivity contribution < 1.29 is 0 Å². The Labute approximate surface area is 98.8 Å². The van der Waals surface area contributed by atoms with Crippen LogP contribution in [0, 0.1) is 0 Å². The number of para-hydroxylation sites is 1. The molecule has 1 aromatic heterocycles. The summed E-state index contributed by atoms with van der Waals surface area (Å²) in [6.07, 6.45) is 0. The monoisotopic (exact) mass is 236 g/mol. The molecule has 16 heavy (non-hydrogen) atoms. The molecule has 84 valence electrons. The lowest BCUT2D eigenvalue weighted by atomic mass is 10.1. The highest BCUT2D eigenvalue weighted by Gasteiger charge is 2.12. The number of aromatic nitrogens is 3. The van der Waals surface area contributed by atoms with Gasteiger partial charge in [-0.2, -0.15) is 5.10 Å². The van der Waals surface area contributed by atoms with Crippen LogP contribution in [-0.2, 0) is 0 Å². The van der Waals surface area contributed by atoms with E-state index >= 15 is 0 Å². The number of anilines is 1. The van der Waals surface area contributed by atoms with Crippen LogP contribution in [0.1, 0.15) is 25.6 Å². The zero-order chi connectivity index (χ0) is 11.7. The molecule has 0 fully saturated rings. The third-order valence-corrected chi connectivity index (χ3v) is 2.67. The maximum Gasteiger partial charge on any atom is 0.183 e. The second-order valence-electron chi connectivity index (χ2n) is 3.90. The molecule has 3 N–H and O–H groups in total. The van der Waals surface area contributed by atoms with Crippen molar-refractivity contribution in [1.82, 2.24) is 15.2 Å². The highest BCUT2D eigenvalue weighted by Crippen LogP contribution is 2.29. The van der Waals surface area contributed by atoms with Gasteiger partial charge < -0.3 is 5.73 Å². The van der Waals surface area contributed by atoms with Crippen molar-refractivity contribution in [3.63, 3.8) is 0 Å². The maximum atomic E-state index is 5.94. The number of halogens is 1. The van der Waals surface area contributed by atoms with E-state index in [0.717, 1.165) is 11.4 Å². The van der Waals surface area contributed by atoms with Gasteiger partial charge in [-0.05, 0) is 12.1 Å². The van der Waals surface area contributed by atoms with Gasteiger partial charge in [-0.1, -0.05) is 31.5 Å². The van der Waals surface area contributed by atoms with Gasteiger partial charge in [-0.3, -0.25) is 5.10 Å². The molecule has 0 saturated carbocycles. The molecule has 0 aliphatic heterocycles. The Kier molecular flexibility index (Phi) is 2.83. The molecule has 0 amide bonds. The zero-order valence-corrected chi connectivity index (χ0v) is 9.92. The molecule has 0 aliphatic rings. The van der Waals surface area contributed by atoms with E-state index in [1.165, 1.54) is 0 Å². The molecule has 4 nitrogen and oxygen atoms in total. The van der Waals surface area contributed by atoms with Crippen molar-refractivity contribution in [2.24, 2.45) is 0 Å². The molecular weight excluding hydrogens is 224 g/mol. The summed E-state index contributed by atoms with van der Waals surface area (Å²) in [5.74, 6) is 1.74. The molecule has 2 aromatic rings. The van der Waals surface area contributed by atoms with Crippen LogP contribution in [0.4, 0.5) is 5.69 Å². The first-order valence-corrected chi connectivity index (χ1v) is 5.44. The lowest BCUT2D eigenvalue weighted by molar-refractivity contribution is 0.781. The normalized spacial score (nSPS) is 11.0. The van der Waals surface area contributed by atoms with Gasteiger partial charge in [0.2, 0.25) is 0 Å². The zero-order valence-electron chi connectivity index (χ0n) is 9.16. The molecule has 1 aromatic carbocycles. The Morgan fingerprint density at radius 3 is 2.75 bits per heavy atom. The molecule has 0 bridgehead atoms. The predicted octanol–water partition coefficient (Wildman–Crippen LogP) is 2.83. The van der Waals surface area contributed by atoms with E-state index in [1.807, 2.05) is 26.0 Å². The SMILES string of the molecule is CC(C)c1nc(-c2cccc(Cl)c2N)n[nH]1. The average Bonchev–Trinajstić information content (AvgIpc) is 2.71. The molecule has 1 heterocycles. The minimum Gasteiger partial charge on any atom is -0.397 e. The Morgan fingerprint density at radius 2 is 2.12 bits per heavy atom. The summed E-state index contributed by atoms with van der Waals surface area (Å²) in [5, 5.41) is 7.55. The molecule has 0 atom stereocenters. The van der Waals surface area contributed by atoms with E-state index in [9.17, 15) is 0 Å². The topological polar surface area (TPSA) is 67.6 Å². The Morgan fingerprint density at radius 1 is 1.38 bits per heavy atom. The number of nitrogens with zero attached hydrogens (tertiary/aromatic N) is 2. The molecule has 0 saturated heterocycles. The summed E-state index contributed by atoms with van der Waals surface area (Å²) in [6, 6.07) is 5.43. The van der Waals surface area contributed by atoms with E-state index in [-0.39, 0.29) is 0 Å². The standard InChI is InChI=1S/C11H13ClN4/c1-6(2)10-14-11(16-15-10)7-4-3-5-8(12)9(7)13/h3-6H,13H2,1-2H3,(H,14,15,16). The average molecular weight is 237 g/mol. The maximum absolute atomic E-state index is 5.94. The van der Waals surface area contributed by atoms with Crippen LogP contribution in [-0.4, -0.2) is 15.2 Å². The summed E-state index contributed by atoms with van der Waals surface area (Å²) >= 11 is 5.94. The molecule has 0 aliphatic carbocycles. The van der Waals surface area contributed by atoms with Crippen LogP contribution in [0.25, 0.3) is 11.4 Å². The van der Waals surface area contributed by atoms with Gasteiger partial charge in [-0.15, -0.1) is 0 Å². The number of benzene rings is 1. The first-order valence-electron chi connectivity index (χ1n) is 5.06. The third-order valence-electron chi connectivity index (χ3n) is 2.34. The van der Waals surface area contributed by atoms with Crippen molar-refractivity contribution in [1.29, 1.82) is 0 Å². The highest BCUT2D eigenvalue weighted by atomic mass is 35.5. The molecule has 5 heteroatoms. The highest BCUT2D eigenvalue weighted by molar-refractivity contribution is 6.33.